The van der Waals surface area contributed by atoms with Gasteiger partial charge in [-0.15, -0.1) is 0 Å². The summed E-state index contributed by atoms with van der Waals surface area (Å²) in [5, 5.41) is 0.548. The minimum atomic E-state index is 0.382. The molecule has 2 rings (SSSR count). The van der Waals surface area contributed by atoms with Crippen LogP contribution in [0.3, 0.4) is 0 Å². The molecule has 0 unspecified atom stereocenters. The number of hydrogen-bond acceptors (Lipinski definition) is 4. The van der Waals surface area contributed by atoms with Gasteiger partial charge < -0.3 is 5.73 Å². The van der Waals surface area contributed by atoms with Gasteiger partial charge in [0.1, 0.15) is 12.1 Å². The van der Waals surface area contributed by atoms with Crippen molar-refractivity contribution in [1.29, 1.82) is 0 Å². The van der Waals surface area contributed by atoms with Gasteiger partial charge in [0.05, 0.1) is 5.02 Å². The SMILES string of the molecule is Nc1nccc(Cl)c1-c1cncnc1. The molecule has 2 aromatic rings. The average Bonchev–Trinajstić information content (AvgIpc) is 2.19. The number of nitrogens with zero attached hydrogens (tertiary/aromatic N) is 3. The molecule has 70 valence electrons. The molecule has 0 amide bonds. The topological polar surface area (TPSA) is 64.7 Å². The van der Waals surface area contributed by atoms with Gasteiger partial charge in [-0.2, -0.15) is 0 Å². The molecule has 2 aromatic heterocycles. The lowest BCUT2D eigenvalue weighted by atomic mass is 10.1. The van der Waals surface area contributed by atoms with Gasteiger partial charge in [0.2, 0.25) is 0 Å². The lowest BCUT2D eigenvalue weighted by Gasteiger charge is -2.05. The Morgan fingerprint density at radius 2 is 1.93 bits per heavy atom. The van der Waals surface area contributed by atoms with E-state index in [2.05, 4.69) is 15.0 Å². The highest BCUT2D eigenvalue weighted by molar-refractivity contribution is 6.33. The van der Waals surface area contributed by atoms with Crippen LogP contribution in [0.2, 0.25) is 5.02 Å². The molecule has 2 heterocycles. The van der Waals surface area contributed by atoms with Gasteiger partial charge in [-0.3, -0.25) is 0 Å². The van der Waals surface area contributed by atoms with Crippen LogP contribution in [-0.4, -0.2) is 15.0 Å². The highest BCUT2D eigenvalue weighted by atomic mass is 35.5. The van der Waals surface area contributed by atoms with E-state index in [-0.39, 0.29) is 0 Å². The van der Waals surface area contributed by atoms with Gasteiger partial charge in [-0.05, 0) is 6.07 Å². The number of halogens is 1. The highest BCUT2D eigenvalue weighted by Gasteiger charge is 2.08. The number of rotatable bonds is 1. The molecular formula is C9H7ClN4. The van der Waals surface area contributed by atoms with Crippen LogP contribution in [0.25, 0.3) is 11.1 Å². The first kappa shape index (κ1) is 8.90. The van der Waals surface area contributed by atoms with Crippen LogP contribution in [0.1, 0.15) is 0 Å². The van der Waals surface area contributed by atoms with E-state index in [0.29, 0.717) is 16.4 Å². The Balaban J connectivity index is 2.63. The second kappa shape index (κ2) is 3.59. The summed E-state index contributed by atoms with van der Waals surface area (Å²) >= 11 is 5.99. The molecule has 0 saturated heterocycles. The van der Waals surface area contributed by atoms with Gasteiger partial charge in [0, 0.05) is 29.7 Å². The summed E-state index contributed by atoms with van der Waals surface area (Å²) in [6.45, 7) is 0. The van der Waals surface area contributed by atoms with Crippen LogP contribution in [0.15, 0.2) is 31.0 Å². The van der Waals surface area contributed by atoms with E-state index in [4.69, 9.17) is 17.3 Å². The van der Waals surface area contributed by atoms with Crippen molar-refractivity contribution >= 4 is 17.4 Å². The fourth-order valence-corrected chi connectivity index (χ4v) is 1.43. The normalized spacial score (nSPS) is 10.1. The molecule has 0 bridgehead atoms. The van der Waals surface area contributed by atoms with Gasteiger partial charge in [-0.25, -0.2) is 15.0 Å². The molecule has 0 atom stereocenters. The van der Waals surface area contributed by atoms with Crippen molar-refractivity contribution in [3.63, 3.8) is 0 Å². The number of nitrogens with two attached hydrogens (primary N) is 1. The van der Waals surface area contributed by atoms with Crippen molar-refractivity contribution < 1.29 is 0 Å². The lowest BCUT2D eigenvalue weighted by molar-refractivity contribution is 1.17. The van der Waals surface area contributed by atoms with E-state index in [0.717, 1.165) is 5.56 Å². The maximum Gasteiger partial charge on any atom is 0.132 e. The van der Waals surface area contributed by atoms with E-state index in [1.54, 1.807) is 24.7 Å². The fraction of sp³-hybridized carbons (Fsp3) is 0. The van der Waals surface area contributed by atoms with Crippen LogP contribution >= 0.6 is 11.6 Å². The third kappa shape index (κ3) is 1.52. The first-order valence-corrected chi connectivity index (χ1v) is 4.32. The van der Waals surface area contributed by atoms with Crippen molar-refractivity contribution in [3.05, 3.63) is 36.0 Å². The third-order valence-corrected chi connectivity index (χ3v) is 2.09. The first-order valence-electron chi connectivity index (χ1n) is 3.94. The van der Waals surface area contributed by atoms with Crippen molar-refractivity contribution in [2.24, 2.45) is 0 Å². The van der Waals surface area contributed by atoms with Crippen LogP contribution < -0.4 is 5.73 Å². The Morgan fingerprint density at radius 3 is 2.57 bits per heavy atom. The van der Waals surface area contributed by atoms with E-state index in [1.165, 1.54) is 6.33 Å². The molecule has 0 spiro atoms. The molecule has 4 nitrogen and oxygen atoms in total. The minimum absolute atomic E-state index is 0.382. The largest absolute Gasteiger partial charge is 0.383 e. The average molecular weight is 207 g/mol. The summed E-state index contributed by atoms with van der Waals surface area (Å²) in [4.78, 5) is 11.7. The summed E-state index contributed by atoms with van der Waals surface area (Å²) in [6, 6.07) is 1.68. The monoisotopic (exact) mass is 206 g/mol. The summed E-state index contributed by atoms with van der Waals surface area (Å²) in [5.41, 5.74) is 7.14. The van der Waals surface area contributed by atoms with Gasteiger partial charge >= 0.3 is 0 Å². The summed E-state index contributed by atoms with van der Waals surface area (Å²) in [6.07, 6.45) is 6.30. The summed E-state index contributed by atoms with van der Waals surface area (Å²) in [7, 11) is 0. The maximum absolute atomic E-state index is 5.99. The second-order valence-electron chi connectivity index (χ2n) is 2.68. The predicted molar refractivity (Wildman–Crippen MR) is 54.7 cm³/mol. The van der Waals surface area contributed by atoms with Gasteiger partial charge in [-0.1, -0.05) is 11.6 Å². The van der Waals surface area contributed by atoms with E-state index in [1.807, 2.05) is 0 Å². The minimum Gasteiger partial charge on any atom is -0.383 e. The number of hydrogen-bond donors (Lipinski definition) is 1. The highest BCUT2D eigenvalue weighted by Crippen LogP contribution is 2.30. The number of nitrogen functional groups attached to an aromatic ring is 1. The fourth-order valence-electron chi connectivity index (χ4n) is 1.17. The number of aromatic nitrogens is 3. The van der Waals surface area contributed by atoms with Crippen molar-refractivity contribution in [2.75, 3.05) is 5.73 Å². The zero-order valence-electron chi connectivity index (χ0n) is 7.18. The molecule has 0 aliphatic heterocycles. The van der Waals surface area contributed by atoms with Crippen molar-refractivity contribution in [3.8, 4) is 11.1 Å². The number of anilines is 1. The summed E-state index contributed by atoms with van der Waals surface area (Å²) < 4.78 is 0. The lowest BCUT2D eigenvalue weighted by Crippen LogP contribution is -1.95. The first-order chi connectivity index (χ1) is 6.79. The standard InChI is InChI=1S/C9H7ClN4/c10-7-1-2-14-9(11)8(7)6-3-12-5-13-4-6/h1-5H,(H2,11,14). The molecular weight excluding hydrogens is 200 g/mol. The van der Waals surface area contributed by atoms with Gasteiger partial charge in [0.15, 0.2) is 0 Å². The van der Waals surface area contributed by atoms with E-state index in [9.17, 15) is 0 Å². The summed E-state index contributed by atoms with van der Waals surface area (Å²) in [5.74, 6) is 0.382. The van der Waals surface area contributed by atoms with Crippen LogP contribution in [0.4, 0.5) is 5.82 Å². The Bertz CT molecular complexity index is 424. The Hall–Kier alpha value is -1.68. The Morgan fingerprint density at radius 1 is 1.21 bits per heavy atom. The van der Waals surface area contributed by atoms with Crippen LogP contribution in [-0.2, 0) is 0 Å². The Labute approximate surface area is 85.8 Å². The third-order valence-electron chi connectivity index (χ3n) is 1.78. The van der Waals surface area contributed by atoms with Crippen LogP contribution in [0.5, 0.6) is 0 Å². The van der Waals surface area contributed by atoms with Gasteiger partial charge in [0.25, 0.3) is 0 Å². The van der Waals surface area contributed by atoms with E-state index < -0.39 is 0 Å². The van der Waals surface area contributed by atoms with Crippen molar-refractivity contribution in [2.45, 2.75) is 0 Å². The molecule has 5 heteroatoms. The maximum atomic E-state index is 5.99. The van der Waals surface area contributed by atoms with E-state index >= 15 is 0 Å². The van der Waals surface area contributed by atoms with Crippen LogP contribution in [0, 0.1) is 0 Å². The molecule has 0 aromatic carbocycles. The molecule has 0 aliphatic rings. The zero-order chi connectivity index (χ0) is 9.97. The molecule has 0 radical (unpaired) electrons. The molecule has 14 heavy (non-hydrogen) atoms. The molecule has 2 N–H and O–H groups in total. The molecule has 0 fully saturated rings. The Kier molecular flexibility index (Phi) is 2.28. The smallest absolute Gasteiger partial charge is 0.132 e. The van der Waals surface area contributed by atoms with Crippen molar-refractivity contribution in [1.82, 2.24) is 15.0 Å². The quantitative estimate of drug-likeness (QED) is 0.773. The predicted octanol–water partition coefficient (Wildman–Crippen LogP) is 1.77. The second-order valence-corrected chi connectivity index (χ2v) is 3.09. The number of pyridine rings is 1. The molecule has 0 aliphatic carbocycles. The zero-order valence-corrected chi connectivity index (χ0v) is 7.94. The molecule has 0 saturated carbocycles.